The molecule has 0 radical (unpaired) electrons. The Morgan fingerprint density at radius 3 is 2.91 bits per heavy atom. The number of rotatable bonds is 5. The predicted molar refractivity (Wildman–Crippen MR) is 89.1 cm³/mol. The highest BCUT2D eigenvalue weighted by Crippen LogP contribution is 2.19. The quantitative estimate of drug-likeness (QED) is 0.786. The standard InChI is InChI=1S/C17H19N5O/c1-12(2)22-17-14(10-20-22)8-15(11-19-17)21-16(23)6-5-13-4-3-7-18-9-13/h3-4,7-12H,5-6H2,1-2H3,(H,21,23). The first-order chi connectivity index (χ1) is 11.1. The molecule has 6 heteroatoms. The first kappa shape index (κ1) is 15.1. The largest absolute Gasteiger partial charge is 0.325 e. The Morgan fingerprint density at radius 1 is 1.30 bits per heavy atom. The number of aryl methyl sites for hydroxylation is 1. The van der Waals surface area contributed by atoms with Crippen molar-refractivity contribution in [3.8, 4) is 0 Å². The van der Waals surface area contributed by atoms with Gasteiger partial charge in [0.2, 0.25) is 5.91 Å². The number of fused-ring (bicyclic) bond motifs is 1. The number of amides is 1. The smallest absolute Gasteiger partial charge is 0.224 e. The van der Waals surface area contributed by atoms with E-state index in [1.165, 1.54) is 0 Å². The molecule has 0 saturated heterocycles. The minimum atomic E-state index is -0.0359. The lowest BCUT2D eigenvalue weighted by molar-refractivity contribution is -0.116. The van der Waals surface area contributed by atoms with Gasteiger partial charge in [-0.2, -0.15) is 5.10 Å². The summed E-state index contributed by atoms with van der Waals surface area (Å²) in [5, 5.41) is 8.13. The second-order valence-electron chi connectivity index (χ2n) is 5.73. The van der Waals surface area contributed by atoms with Crippen LogP contribution in [0.3, 0.4) is 0 Å². The number of carbonyl (C=O) groups is 1. The van der Waals surface area contributed by atoms with E-state index in [0.29, 0.717) is 18.5 Å². The molecule has 0 aliphatic carbocycles. The van der Waals surface area contributed by atoms with Gasteiger partial charge < -0.3 is 5.32 Å². The van der Waals surface area contributed by atoms with Crippen molar-refractivity contribution < 1.29 is 4.79 Å². The number of hydrogen-bond acceptors (Lipinski definition) is 4. The Labute approximate surface area is 134 Å². The summed E-state index contributed by atoms with van der Waals surface area (Å²) >= 11 is 0. The van der Waals surface area contributed by atoms with E-state index >= 15 is 0 Å². The SMILES string of the molecule is CC(C)n1ncc2cc(NC(=O)CCc3cccnc3)cnc21. The zero-order valence-electron chi connectivity index (χ0n) is 13.2. The second kappa shape index (κ2) is 6.56. The third-order valence-corrected chi connectivity index (χ3v) is 3.57. The molecule has 0 bridgehead atoms. The molecule has 3 aromatic rings. The molecule has 3 heterocycles. The second-order valence-corrected chi connectivity index (χ2v) is 5.73. The molecule has 0 saturated carbocycles. The molecule has 0 aromatic carbocycles. The molecule has 0 fully saturated rings. The number of nitrogens with zero attached hydrogens (tertiary/aromatic N) is 4. The van der Waals surface area contributed by atoms with Crippen molar-refractivity contribution in [3.05, 3.63) is 48.5 Å². The van der Waals surface area contributed by atoms with Crippen LogP contribution in [0.25, 0.3) is 11.0 Å². The molecule has 1 N–H and O–H groups in total. The van der Waals surface area contributed by atoms with Gasteiger partial charge in [-0.15, -0.1) is 0 Å². The average Bonchev–Trinajstić information content (AvgIpc) is 2.97. The number of nitrogens with one attached hydrogen (secondary N) is 1. The van der Waals surface area contributed by atoms with Crippen LogP contribution < -0.4 is 5.32 Å². The highest BCUT2D eigenvalue weighted by atomic mass is 16.1. The van der Waals surface area contributed by atoms with Crippen LogP contribution in [0, 0.1) is 0 Å². The summed E-state index contributed by atoms with van der Waals surface area (Å²) in [6.45, 7) is 4.12. The van der Waals surface area contributed by atoms with Gasteiger partial charge in [0.15, 0.2) is 5.65 Å². The van der Waals surface area contributed by atoms with Gasteiger partial charge in [-0.25, -0.2) is 9.67 Å². The minimum absolute atomic E-state index is 0.0359. The topological polar surface area (TPSA) is 72.7 Å². The summed E-state index contributed by atoms with van der Waals surface area (Å²) in [6, 6.07) is 5.99. The Bertz CT molecular complexity index is 810. The maximum atomic E-state index is 12.1. The van der Waals surface area contributed by atoms with Gasteiger partial charge in [0.05, 0.1) is 18.1 Å². The van der Waals surface area contributed by atoms with E-state index < -0.39 is 0 Å². The number of carbonyl (C=O) groups excluding carboxylic acids is 1. The van der Waals surface area contributed by atoms with Gasteiger partial charge in [0, 0.05) is 30.2 Å². The average molecular weight is 309 g/mol. The number of pyridine rings is 2. The summed E-state index contributed by atoms with van der Waals surface area (Å²) in [7, 11) is 0. The van der Waals surface area contributed by atoms with E-state index in [-0.39, 0.29) is 11.9 Å². The Kier molecular flexibility index (Phi) is 4.32. The minimum Gasteiger partial charge on any atom is -0.325 e. The molecule has 0 atom stereocenters. The Morgan fingerprint density at radius 2 is 2.17 bits per heavy atom. The van der Waals surface area contributed by atoms with Gasteiger partial charge in [-0.05, 0) is 38.0 Å². The van der Waals surface area contributed by atoms with Crippen molar-refractivity contribution in [2.75, 3.05) is 5.32 Å². The van der Waals surface area contributed by atoms with E-state index in [4.69, 9.17) is 0 Å². The van der Waals surface area contributed by atoms with Crippen LogP contribution in [-0.4, -0.2) is 25.7 Å². The summed E-state index contributed by atoms with van der Waals surface area (Å²) < 4.78 is 1.86. The zero-order valence-corrected chi connectivity index (χ0v) is 13.2. The molecule has 118 valence electrons. The molecule has 6 nitrogen and oxygen atoms in total. The highest BCUT2D eigenvalue weighted by molar-refractivity contribution is 5.92. The van der Waals surface area contributed by atoms with Crippen molar-refractivity contribution in [2.24, 2.45) is 0 Å². The number of hydrogen-bond donors (Lipinski definition) is 1. The summed E-state index contributed by atoms with van der Waals surface area (Å²) in [4.78, 5) is 20.5. The van der Waals surface area contributed by atoms with Crippen LogP contribution in [0.1, 0.15) is 31.9 Å². The lowest BCUT2D eigenvalue weighted by Crippen LogP contribution is -2.12. The molecule has 1 amide bonds. The number of anilines is 1. The van der Waals surface area contributed by atoms with Crippen LogP contribution in [0.4, 0.5) is 5.69 Å². The van der Waals surface area contributed by atoms with Crippen LogP contribution in [0.15, 0.2) is 43.0 Å². The predicted octanol–water partition coefficient (Wildman–Crippen LogP) is 2.98. The first-order valence-corrected chi connectivity index (χ1v) is 7.65. The molecule has 3 aromatic heterocycles. The molecule has 0 aliphatic heterocycles. The van der Waals surface area contributed by atoms with Crippen LogP contribution in [0.2, 0.25) is 0 Å². The van der Waals surface area contributed by atoms with E-state index in [0.717, 1.165) is 16.6 Å². The third kappa shape index (κ3) is 3.53. The fraction of sp³-hybridized carbons (Fsp3) is 0.294. The van der Waals surface area contributed by atoms with Gasteiger partial charge in [0.1, 0.15) is 0 Å². The molecule has 0 unspecified atom stereocenters. The van der Waals surface area contributed by atoms with E-state index in [1.807, 2.05) is 22.9 Å². The lowest BCUT2D eigenvalue weighted by Gasteiger charge is -2.07. The highest BCUT2D eigenvalue weighted by Gasteiger charge is 2.09. The van der Waals surface area contributed by atoms with Crippen LogP contribution >= 0.6 is 0 Å². The van der Waals surface area contributed by atoms with Gasteiger partial charge in [-0.3, -0.25) is 9.78 Å². The zero-order chi connectivity index (χ0) is 16.2. The Balaban J connectivity index is 1.65. The third-order valence-electron chi connectivity index (χ3n) is 3.57. The van der Waals surface area contributed by atoms with Crippen LogP contribution in [0.5, 0.6) is 0 Å². The van der Waals surface area contributed by atoms with Crippen LogP contribution in [-0.2, 0) is 11.2 Å². The summed E-state index contributed by atoms with van der Waals surface area (Å²) in [5.74, 6) is -0.0359. The van der Waals surface area contributed by atoms with Crippen molar-refractivity contribution >= 4 is 22.6 Å². The molecule has 0 spiro atoms. The number of aromatic nitrogens is 4. The van der Waals surface area contributed by atoms with Crippen molar-refractivity contribution in [1.82, 2.24) is 19.7 Å². The van der Waals surface area contributed by atoms with Crippen molar-refractivity contribution in [2.45, 2.75) is 32.7 Å². The fourth-order valence-electron chi connectivity index (χ4n) is 2.41. The molecular formula is C17H19N5O. The van der Waals surface area contributed by atoms with Gasteiger partial charge in [-0.1, -0.05) is 6.07 Å². The maximum absolute atomic E-state index is 12.1. The van der Waals surface area contributed by atoms with Crippen molar-refractivity contribution in [3.63, 3.8) is 0 Å². The van der Waals surface area contributed by atoms with Gasteiger partial charge >= 0.3 is 0 Å². The Hall–Kier alpha value is -2.76. The molecule has 23 heavy (non-hydrogen) atoms. The summed E-state index contributed by atoms with van der Waals surface area (Å²) in [6.07, 6.45) is 8.02. The molecular weight excluding hydrogens is 290 g/mol. The fourth-order valence-corrected chi connectivity index (χ4v) is 2.41. The lowest BCUT2D eigenvalue weighted by atomic mass is 10.1. The normalized spacial score (nSPS) is 11.1. The molecule has 3 rings (SSSR count). The molecule has 0 aliphatic rings. The summed E-state index contributed by atoms with van der Waals surface area (Å²) in [5.41, 5.74) is 2.57. The first-order valence-electron chi connectivity index (χ1n) is 7.65. The van der Waals surface area contributed by atoms with E-state index in [2.05, 4.69) is 34.2 Å². The van der Waals surface area contributed by atoms with E-state index in [9.17, 15) is 4.79 Å². The van der Waals surface area contributed by atoms with Gasteiger partial charge in [0.25, 0.3) is 0 Å². The van der Waals surface area contributed by atoms with E-state index in [1.54, 1.807) is 24.8 Å². The monoisotopic (exact) mass is 309 g/mol. The maximum Gasteiger partial charge on any atom is 0.224 e. The van der Waals surface area contributed by atoms with Crippen molar-refractivity contribution in [1.29, 1.82) is 0 Å².